The molecule has 2 aromatic rings. The van der Waals surface area contributed by atoms with E-state index < -0.39 is 23.3 Å². The van der Waals surface area contributed by atoms with Gasteiger partial charge in [-0.2, -0.15) is 0 Å². The Morgan fingerprint density at radius 2 is 2.05 bits per heavy atom. The monoisotopic (exact) mass is 263 g/mol. The second-order valence-electron chi connectivity index (χ2n) is 3.90. The molecule has 1 aromatic heterocycles. The summed E-state index contributed by atoms with van der Waals surface area (Å²) in [6, 6.07) is 4.87. The molecule has 0 unspecified atom stereocenters. The molecule has 6 heteroatoms. The number of anilines is 1. The summed E-state index contributed by atoms with van der Waals surface area (Å²) in [5.41, 5.74) is 0.00234. The second-order valence-corrected chi connectivity index (χ2v) is 3.90. The van der Waals surface area contributed by atoms with Gasteiger partial charge in [0, 0.05) is 5.69 Å². The van der Waals surface area contributed by atoms with Crippen LogP contribution >= 0.6 is 0 Å². The van der Waals surface area contributed by atoms with Gasteiger partial charge in [0.1, 0.15) is 17.8 Å². The summed E-state index contributed by atoms with van der Waals surface area (Å²) in [6.07, 6.45) is 1.28. The zero-order chi connectivity index (χ0) is 14.0. The van der Waals surface area contributed by atoms with Gasteiger partial charge in [0.25, 0.3) is 5.91 Å². The molecule has 2 N–H and O–H groups in total. The lowest BCUT2D eigenvalue weighted by atomic mass is 10.2. The quantitative estimate of drug-likeness (QED) is 0.892. The Kier molecular flexibility index (Phi) is 3.33. The van der Waals surface area contributed by atoms with Crippen LogP contribution in [0.4, 0.5) is 10.1 Å². The third-order valence-electron chi connectivity index (χ3n) is 2.45. The van der Waals surface area contributed by atoms with Gasteiger partial charge in [-0.25, -0.2) is 9.18 Å². The summed E-state index contributed by atoms with van der Waals surface area (Å²) >= 11 is 0. The molecule has 1 aromatic carbocycles. The minimum absolute atomic E-state index is 0.197. The number of carboxylic acid groups (broad SMARTS) is 1. The van der Waals surface area contributed by atoms with Crippen LogP contribution in [-0.4, -0.2) is 17.0 Å². The number of carboxylic acids is 1. The fourth-order valence-corrected chi connectivity index (χ4v) is 1.53. The maximum Gasteiger partial charge on any atom is 0.338 e. The number of hydrogen-bond donors (Lipinski definition) is 2. The lowest BCUT2D eigenvalue weighted by Gasteiger charge is -2.05. The molecule has 0 fully saturated rings. The molecule has 98 valence electrons. The highest BCUT2D eigenvalue weighted by molar-refractivity contribution is 6.04. The van der Waals surface area contributed by atoms with E-state index in [9.17, 15) is 14.0 Å². The Morgan fingerprint density at radius 1 is 1.32 bits per heavy atom. The zero-order valence-corrected chi connectivity index (χ0v) is 9.94. The van der Waals surface area contributed by atoms with E-state index in [-0.39, 0.29) is 5.69 Å². The van der Waals surface area contributed by atoms with E-state index >= 15 is 0 Å². The largest absolute Gasteiger partial charge is 0.478 e. The number of benzene rings is 1. The van der Waals surface area contributed by atoms with Gasteiger partial charge >= 0.3 is 5.97 Å². The van der Waals surface area contributed by atoms with Gasteiger partial charge in [0.2, 0.25) is 0 Å². The molecule has 0 aliphatic rings. The molecule has 1 amide bonds. The SMILES string of the molecule is Cc1cc(C(=O)Nc2ccc(F)c(C(=O)O)c2)co1. The van der Waals surface area contributed by atoms with Crippen LogP contribution in [0.1, 0.15) is 26.5 Å². The number of carbonyl (C=O) groups is 2. The minimum atomic E-state index is -1.40. The van der Waals surface area contributed by atoms with Gasteiger partial charge in [0.05, 0.1) is 11.1 Å². The number of carbonyl (C=O) groups excluding carboxylic acids is 1. The van der Waals surface area contributed by atoms with Crippen molar-refractivity contribution in [3.05, 3.63) is 53.2 Å². The highest BCUT2D eigenvalue weighted by Crippen LogP contribution is 2.16. The predicted octanol–water partition coefficient (Wildman–Crippen LogP) is 2.68. The van der Waals surface area contributed by atoms with Crippen LogP contribution in [0.5, 0.6) is 0 Å². The van der Waals surface area contributed by atoms with Crippen molar-refractivity contribution in [2.45, 2.75) is 6.92 Å². The average Bonchev–Trinajstić information content (AvgIpc) is 2.78. The van der Waals surface area contributed by atoms with Crippen molar-refractivity contribution in [3.63, 3.8) is 0 Å². The van der Waals surface area contributed by atoms with Crippen molar-refractivity contribution >= 4 is 17.6 Å². The molecule has 0 saturated heterocycles. The summed E-state index contributed by atoms with van der Waals surface area (Å²) in [5.74, 6) is -2.13. The van der Waals surface area contributed by atoms with Gasteiger partial charge in [-0.05, 0) is 31.2 Å². The average molecular weight is 263 g/mol. The van der Waals surface area contributed by atoms with Crippen LogP contribution in [0.25, 0.3) is 0 Å². The Hall–Kier alpha value is -2.63. The minimum Gasteiger partial charge on any atom is -0.478 e. The van der Waals surface area contributed by atoms with Crippen molar-refractivity contribution in [1.29, 1.82) is 0 Å². The van der Waals surface area contributed by atoms with Crippen LogP contribution in [0, 0.1) is 12.7 Å². The van der Waals surface area contributed by atoms with Crippen molar-refractivity contribution in [2.24, 2.45) is 0 Å². The zero-order valence-electron chi connectivity index (χ0n) is 9.94. The molecule has 0 aliphatic carbocycles. The number of halogens is 1. The van der Waals surface area contributed by atoms with E-state index in [1.165, 1.54) is 18.4 Å². The summed E-state index contributed by atoms with van der Waals surface area (Å²) in [6.45, 7) is 1.69. The van der Waals surface area contributed by atoms with E-state index in [4.69, 9.17) is 9.52 Å². The number of rotatable bonds is 3. The molecule has 0 saturated carbocycles. The maximum atomic E-state index is 13.2. The van der Waals surface area contributed by atoms with Crippen LogP contribution in [0.15, 0.2) is 34.9 Å². The van der Waals surface area contributed by atoms with Crippen molar-refractivity contribution in [2.75, 3.05) is 5.32 Å². The topological polar surface area (TPSA) is 79.5 Å². The van der Waals surface area contributed by atoms with Crippen molar-refractivity contribution in [1.82, 2.24) is 0 Å². The molecule has 0 aliphatic heterocycles. The highest BCUT2D eigenvalue weighted by atomic mass is 19.1. The Bertz CT molecular complexity index is 648. The highest BCUT2D eigenvalue weighted by Gasteiger charge is 2.13. The number of hydrogen-bond acceptors (Lipinski definition) is 3. The van der Waals surface area contributed by atoms with E-state index in [2.05, 4.69) is 5.32 Å². The van der Waals surface area contributed by atoms with E-state index in [1.807, 2.05) is 0 Å². The third kappa shape index (κ3) is 2.79. The summed E-state index contributed by atoms with van der Waals surface area (Å²) < 4.78 is 18.2. The smallest absolute Gasteiger partial charge is 0.338 e. The molecule has 0 bridgehead atoms. The molecular formula is C13H10FNO4. The first-order valence-corrected chi connectivity index (χ1v) is 5.36. The number of nitrogens with one attached hydrogen (secondary N) is 1. The molecule has 2 rings (SSSR count). The molecule has 1 heterocycles. The van der Waals surface area contributed by atoms with E-state index in [1.54, 1.807) is 6.92 Å². The van der Waals surface area contributed by atoms with Gasteiger partial charge in [0.15, 0.2) is 0 Å². The van der Waals surface area contributed by atoms with Crippen molar-refractivity contribution < 1.29 is 23.5 Å². The van der Waals surface area contributed by atoms with Crippen LogP contribution in [0.3, 0.4) is 0 Å². The van der Waals surface area contributed by atoms with Gasteiger partial charge < -0.3 is 14.8 Å². The standard InChI is InChI=1S/C13H10FNO4/c1-7-4-8(6-19-7)12(16)15-9-2-3-11(14)10(5-9)13(17)18/h2-6H,1H3,(H,15,16)(H,17,18). The first-order chi connectivity index (χ1) is 8.97. The van der Waals surface area contributed by atoms with Crippen LogP contribution in [0.2, 0.25) is 0 Å². The Morgan fingerprint density at radius 3 is 2.63 bits per heavy atom. The fraction of sp³-hybridized carbons (Fsp3) is 0.0769. The number of aryl methyl sites for hydroxylation is 1. The Balaban J connectivity index is 2.22. The van der Waals surface area contributed by atoms with Gasteiger partial charge in [-0.15, -0.1) is 0 Å². The van der Waals surface area contributed by atoms with Crippen LogP contribution < -0.4 is 5.32 Å². The van der Waals surface area contributed by atoms with E-state index in [0.717, 1.165) is 12.1 Å². The van der Waals surface area contributed by atoms with Gasteiger partial charge in [-0.1, -0.05) is 0 Å². The number of furan rings is 1. The molecule has 0 radical (unpaired) electrons. The lowest BCUT2D eigenvalue weighted by molar-refractivity contribution is 0.0691. The molecule has 5 nitrogen and oxygen atoms in total. The summed E-state index contributed by atoms with van der Waals surface area (Å²) in [7, 11) is 0. The maximum absolute atomic E-state index is 13.2. The number of amides is 1. The first-order valence-electron chi connectivity index (χ1n) is 5.36. The van der Waals surface area contributed by atoms with E-state index in [0.29, 0.717) is 11.3 Å². The molecule has 0 spiro atoms. The third-order valence-corrected chi connectivity index (χ3v) is 2.45. The molecular weight excluding hydrogens is 253 g/mol. The molecule has 19 heavy (non-hydrogen) atoms. The summed E-state index contributed by atoms with van der Waals surface area (Å²) in [5, 5.41) is 11.2. The lowest BCUT2D eigenvalue weighted by Crippen LogP contribution is -2.12. The van der Waals surface area contributed by atoms with Crippen LogP contribution in [-0.2, 0) is 0 Å². The predicted molar refractivity (Wildman–Crippen MR) is 64.8 cm³/mol. The second kappa shape index (κ2) is 4.93. The van der Waals surface area contributed by atoms with Gasteiger partial charge in [-0.3, -0.25) is 4.79 Å². The summed E-state index contributed by atoms with van der Waals surface area (Å²) in [4.78, 5) is 22.5. The Labute approximate surface area is 107 Å². The van der Waals surface area contributed by atoms with Crippen molar-refractivity contribution in [3.8, 4) is 0 Å². The number of aromatic carboxylic acids is 1. The molecule has 0 atom stereocenters. The normalized spacial score (nSPS) is 10.2. The fourth-order valence-electron chi connectivity index (χ4n) is 1.53. The first kappa shape index (κ1) is 12.8.